The molecule has 32 heavy (non-hydrogen) atoms. The van der Waals surface area contributed by atoms with Gasteiger partial charge in [-0.1, -0.05) is 6.08 Å². The van der Waals surface area contributed by atoms with Gasteiger partial charge >= 0.3 is 6.01 Å². The first kappa shape index (κ1) is 24.8. The Labute approximate surface area is 197 Å². The molecule has 2 aromatic heterocycles. The van der Waals surface area contributed by atoms with E-state index in [1.165, 1.54) is 35.9 Å². The van der Waals surface area contributed by atoms with E-state index in [9.17, 15) is 0 Å². The zero-order valence-electron chi connectivity index (χ0n) is 18.7. The highest BCUT2D eigenvalue weighted by atomic mass is 32.1. The fourth-order valence-corrected chi connectivity index (χ4v) is 4.05. The molecule has 0 radical (unpaired) electrons. The molecule has 0 aromatic carbocycles. The normalized spacial score (nSPS) is 14.4. The highest BCUT2D eigenvalue weighted by Gasteiger charge is 2.18. The zero-order chi connectivity index (χ0) is 22.4. The fraction of sp³-hybridized carbons (Fsp3) is 0.700. The van der Waals surface area contributed by atoms with Crippen molar-refractivity contribution in [1.82, 2.24) is 23.0 Å². The molecule has 178 valence electrons. The molecular weight excluding hydrogens is 454 g/mol. The van der Waals surface area contributed by atoms with Crippen LogP contribution in [-0.2, 0) is 9.47 Å². The van der Waals surface area contributed by atoms with Gasteiger partial charge in [-0.2, -0.15) is 4.37 Å². The van der Waals surface area contributed by atoms with E-state index in [-0.39, 0.29) is 0 Å². The second-order valence-electron chi connectivity index (χ2n) is 7.20. The van der Waals surface area contributed by atoms with Gasteiger partial charge in [-0.15, -0.1) is 13.7 Å². The summed E-state index contributed by atoms with van der Waals surface area (Å²) in [5.74, 6) is 0.638. The van der Waals surface area contributed by atoms with Crippen molar-refractivity contribution < 1.29 is 23.7 Å². The summed E-state index contributed by atoms with van der Waals surface area (Å²) >= 11 is 2.38. The number of likely N-dealkylation sites (N-methyl/N-ethyl adjacent to an activating group) is 1. The molecule has 3 heterocycles. The third-order valence-corrected chi connectivity index (χ3v) is 5.71. The molecule has 0 N–H and O–H groups in total. The highest BCUT2D eigenvalue weighted by Crippen LogP contribution is 2.27. The second-order valence-corrected chi connectivity index (χ2v) is 8.45. The summed E-state index contributed by atoms with van der Waals surface area (Å²) in [6.45, 7) is 5.70. The summed E-state index contributed by atoms with van der Waals surface area (Å²) in [5.41, 5.74) is 2.08. The van der Waals surface area contributed by atoms with Crippen molar-refractivity contribution in [2.24, 2.45) is 0 Å². The maximum atomic E-state index is 5.83. The quantitative estimate of drug-likeness (QED) is 0.330. The Bertz CT molecular complexity index is 816. The number of hydrogen-bond donors (Lipinski definition) is 0. The first-order valence-electron chi connectivity index (χ1n) is 10.8. The van der Waals surface area contributed by atoms with Crippen molar-refractivity contribution in [2.75, 3.05) is 66.9 Å². The van der Waals surface area contributed by atoms with Crippen molar-refractivity contribution in [3.8, 4) is 17.1 Å². The van der Waals surface area contributed by atoms with Gasteiger partial charge in [-0.3, -0.25) is 0 Å². The molecular formula is C20H31N5O5S2. The van der Waals surface area contributed by atoms with Crippen LogP contribution in [0.1, 0.15) is 31.4 Å². The smallest absolute Gasteiger partial charge is 0.331 e. The van der Waals surface area contributed by atoms with Crippen LogP contribution in [0.4, 0.5) is 0 Å². The largest absolute Gasteiger partial charge is 0.475 e. The standard InChI is InChI=1S/C20H31N5O5S2/c1-25-8-3-7-16(15-25)17-18(23-32-22-17)29-13-5-11-27-9-4-10-28-12-6-14-30-20-21-19(26-2)24-31-20/h7H,3-6,8-15H2,1-2H3. The molecule has 0 saturated heterocycles. The predicted octanol–water partition coefficient (Wildman–Crippen LogP) is 2.78. The van der Waals surface area contributed by atoms with Crippen LogP contribution in [0.15, 0.2) is 6.08 Å². The monoisotopic (exact) mass is 485 g/mol. The Hall–Kier alpha value is -1.86. The van der Waals surface area contributed by atoms with Gasteiger partial charge < -0.3 is 28.6 Å². The SMILES string of the molecule is COc1nsc(OCCCOCCCOCCCOc2nsnc2C2=CCCN(C)C2)n1. The predicted molar refractivity (Wildman–Crippen MR) is 123 cm³/mol. The Balaban J connectivity index is 1.13. The van der Waals surface area contributed by atoms with Gasteiger partial charge in [0.2, 0.25) is 0 Å². The Morgan fingerprint density at radius 1 is 0.938 bits per heavy atom. The molecule has 10 nitrogen and oxygen atoms in total. The number of methoxy groups -OCH3 is 1. The molecule has 0 saturated carbocycles. The average molecular weight is 486 g/mol. The van der Waals surface area contributed by atoms with Gasteiger partial charge in [0.05, 0.1) is 32.1 Å². The maximum absolute atomic E-state index is 5.83. The van der Waals surface area contributed by atoms with E-state index < -0.39 is 0 Å². The second kappa shape index (κ2) is 14.3. The maximum Gasteiger partial charge on any atom is 0.331 e. The third-order valence-electron chi connectivity index (χ3n) is 4.58. The molecule has 2 aromatic rings. The summed E-state index contributed by atoms with van der Waals surface area (Å²) < 4.78 is 40.1. The molecule has 0 spiro atoms. The summed E-state index contributed by atoms with van der Waals surface area (Å²) in [4.78, 5) is 6.33. The van der Waals surface area contributed by atoms with Crippen molar-refractivity contribution in [3.63, 3.8) is 0 Å². The minimum atomic E-state index is 0.336. The van der Waals surface area contributed by atoms with Crippen LogP contribution in [0.5, 0.6) is 17.1 Å². The highest BCUT2D eigenvalue weighted by molar-refractivity contribution is 7.07. The molecule has 1 aliphatic rings. The molecule has 0 fully saturated rings. The molecule has 0 amide bonds. The lowest BCUT2D eigenvalue weighted by atomic mass is 10.1. The van der Waals surface area contributed by atoms with Crippen LogP contribution in [0.2, 0.25) is 0 Å². The van der Waals surface area contributed by atoms with Crippen LogP contribution in [0.25, 0.3) is 5.57 Å². The van der Waals surface area contributed by atoms with E-state index in [1.54, 1.807) is 0 Å². The fourth-order valence-electron chi connectivity index (χ4n) is 2.99. The molecule has 0 bridgehead atoms. The molecule has 0 unspecified atom stereocenters. The van der Waals surface area contributed by atoms with Crippen molar-refractivity contribution in [3.05, 3.63) is 11.8 Å². The molecule has 0 aliphatic carbocycles. The minimum Gasteiger partial charge on any atom is -0.475 e. The average Bonchev–Trinajstić information content (AvgIpc) is 3.46. The van der Waals surface area contributed by atoms with Gasteiger partial charge in [-0.25, -0.2) is 0 Å². The van der Waals surface area contributed by atoms with Crippen LogP contribution in [-0.4, -0.2) is 89.9 Å². The van der Waals surface area contributed by atoms with E-state index in [2.05, 4.69) is 36.1 Å². The summed E-state index contributed by atoms with van der Waals surface area (Å²) in [6, 6.07) is 0.336. The number of aromatic nitrogens is 4. The first-order valence-corrected chi connectivity index (χ1v) is 12.3. The van der Waals surface area contributed by atoms with Gasteiger partial charge in [0.1, 0.15) is 5.69 Å². The number of hydrogen-bond acceptors (Lipinski definition) is 12. The van der Waals surface area contributed by atoms with Gasteiger partial charge in [-0.05, 0) is 25.5 Å². The van der Waals surface area contributed by atoms with E-state index in [0.717, 1.165) is 44.5 Å². The third kappa shape index (κ3) is 8.58. The lowest BCUT2D eigenvalue weighted by Gasteiger charge is -2.22. The topological polar surface area (TPSA) is 101 Å². The van der Waals surface area contributed by atoms with Gasteiger partial charge in [0.15, 0.2) is 0 Å². The Morgan fingerprint density at radius 2 is 1.66 bits per heavy atom. The van der Waals surface area contributed by atoms with Gasteiger partial charge in [0.25, 0.3) is 11.1 Å². The summed E-state index contributed by atoms with van der Waals surface area (Å²) in [6.07, 6.45) is 5.73. The van der Waals surface area contributed by atoms with Crippen LogP contribution < -0.4 is 14.2 Å². The van der Waals surface area contributed by atoms with Crippen molar-refractivity contribution in [2.45, 2.75) is 25.7 Å². The van der Waals surface area contributed by atoms with Crippen LogP contribution in [0, 0.1) is 0 Å². The summed E-state index contributed by atoms with van der Waals surface area (Å²) in [7, 11) is 3.64. The number of rotatable bonds is 16. The Kier molecular flexibility index (Phi) is 11.1. The molecule has 0 atom stereocenters. The van der Waals surface area contributed by atoms with E-state index in [0.29, 0.717) is 56.7 Å². The Morgan fingerprint density at radius 3 is 2.34 bits per heavy atom. The zero-order valence-corrected chi connectivity index (χ0v) is 20.3. The lowest BCUT2D eigenvalue weighted by molar-refractivity contribution is 0.0728. The molecule has 1 aliphatic heterocycles. The molecule has 3 rings (SSSR count). The number of ether oxygens (including phenoxy) is 5. The van der Waals surface area contributed by atoms with Crippen LogP contribution >= 0.6 is 23.3 Å². The van der Waals surface area contributed by atoms with Crippen molar-refractivity contribution in [1.29, 1.82) is 0 Å². The molecule has 12 heteroatoms. The minimum absolute atomic E-state index is 0.336. The first-order chi connectivity index (χ1) is 15.8. The lowest BCUT2D eigenvalue weighted by Crippen LogP contribution is -2.25. The van der Waals surface area contributed by atoms with E-state index in [1.807, 2.05) is 0 Å². The van der Waals surface area contributed by atoms with Crippen LogP contribution in [0.3, 0.4) is 0 Å². The summed E-state index contributed by atoms with van der Waals surface area (Å²) in [5, 5.41) is 0.514. The van der Waals surface area contributed by atoms with E-state index >= 15 is 0 Å². The van der Waals surface area contributed by atoms with Crippen molar-refractivity contribution >= 4 is 28.8 Å². The van der Waals surface area contributed by atoms with Gasteiger partial charge in [0, 0.05) is 63.9 Å². The number of nitrogens with zero attached hydrogens (tertiary/aromatic N) is 5. The van der Waals surface area contributed by atoms with E-state index in [4.69, 9.17) is 23.7 Å².